The molecule has 0 amide bonds. The first-order chi connectivity index (χ1) is 18.7. The van der Waals surface area contributed by atoms with Crippen molar-refractivity contribution in [3.8, 4) is 11.1 Å². The van der Waals surface area contributed by atoms with Gasteiger partial charge >= 0.3 is 5.97 Å². The quantitative estimate of drug-likeness (QED) is 0.206. The maximum Gasteiger partial charge on any atom is 0.308 e. The third kappa shape index (κ3) is 8.24. The Morgan fingerprint density at radius 3 is 2.42 bits per heavy atom. The number of likely N-dealkylation sites (tertiary alicyclic amines) is 1. The van der Waals surface area contributed by atoms with E-state index in [-0.39, 0.29) is 36.9 Å². The Morgan fingerprint density at radius 1 is 0.974 bits per heavy atom. The van der Waals surface area contributed by atoms with Crippen LogP contribution in [-0.4, -0.2) is 61.2 Å². The number of esters is 1. The first kappa shape index (κ1) is 28.5. The molecule has 2 aromatic rings. The van der Waals surface area contributed by atoms with E-state index >= 15 is 0 Å². The fourth-order valence-corrected chi connectivity index (χ4v) is 5.89. The van der Waals surface area contributed by atoms with E-state index < -0.39 is 0 Å². The third-order valence-electron chi connectivity index (χ3n) is 7.81. The third-order valence-corrected chi connectivity index (χ3v) is 7.81. The molecule has 1 aliphatic heterocycles. The number of carbonyl (C=O) groups excluding carboxylic acids is 1. The fourth-order valence-electron chi connectivity index (χ4n) is 5.89. The molecule has 6 nitrogen and oxygen atoms in total. The number of benzene rings is 2. The summed E-state index contributed by atoms with van der Waals surface area (Å²) in [6.45, 7) is 2.68. The van der Waals surface area contributed by atoms with Gasteiger partial charge in [-0.15, -0.1) is 0 Å². The van der Waals surface area contributed by atoms with Crippen molar-refractivity contribution in [3.63, 3.8) is 0 Å². The molecule has 1 heterocycles. The zero-order valence-corrected chi connectivity index (χ0v) is 22.7. The number of piperidine rings is 1. The zero-order valence-electron chi connectivity index (χ0n) is 22.7. The smallest absolute Gasteiger partial charge is 0.308 e. The van der Waals surface area contributed by atoms with E-state index in [1.807, 2.05) is 6.07 Å². The molecule has 0 aromatic heterocycles. The van der Waals surface area contributed by atoms with E-state index in [1.54, 1.807) is 0 Å². The molecule has 38 heavy (non-hydrogen) atoms. The van der Waals surface area contributed by atoms with Crippen LogP contribution in [0.4, 0.5) is 0 Å². The number of hydrogen-bond acceptors (Lipinski definition) is 6. The summed E-state index contributed by atoms with van der Waals surface area (Å²) in [6.07, 6.45) is 11.1. The summed E-state index contributed by atoms with van der Waals surface area (Å²) in [5, 5.41) is 11.1. The Balaban J connectivity index is 1.33. The fraction of sp³-hybridized carbons (Fsp3) is 0.531. The van der Waals surface area contributed by atoms with Crippen molar-refractivity contribution < 1.29 is 24.1 Å². The molecule has 4 atom stereocenters. The minimum Gasteiger partial charge on any atom is -0.438 e. The molecule has 6 heteroatoms. The standard InChI is InChI=1S/C32H43NO5/c1-36-24-38-31(35)15-9-3-2-8-14-28-30(22-29(34)32(28)33-20-10-5-11-21-33)37-23-25-16-18-27(19-17-25)26-12-6-4-7-13-26/h2-4,6-7,12-13,16-19,28-30,32,34H,5,8-11,14-15,20-24H2,1H3/t28-,29-,30-,32+/m0/s1. The molecule has 1 saturated heterocycles. The summed E-state index contributed by atoms with van der Waals surface area (Å²) in [5.74, 6) is 0.0360. The second kappa shape index (κ2) is 15.2. The number of aliphatic hydroxyl groups excluding tert-OH is 1. The number of methoxy groups -OCH3 is 1. The van der Waals surface area contributed by atoms with E-state index in [4.69, 9.17) is 14.2 Å². The van der Waals surface area contributed by atoms with E-state index in [2.05, 4.69) is 65.6 Å². The number of hydrogen-bond donors (Lipinski definition) is 1. The van der Waals surface area contributed by atoms with Crippen LogP contribution < -0.4 is 0 Å². The van der Waals surface area contributed by atoms with Crippen LogP contribution in [0.15, 0.2) is 66.7 Å². The summed E-state index contributed by atoms with van der Waals surface area (Å²) in [5.41, 5.74) is 3.57. The topological polar surface area (TPSA) is 68.2 Å². The van der Waals surface area contributed by atoms with Crippen molar-refractivity contribution in [1.29, 1.82) is 0 Å². The lowest BCUT2D eigenvalue weighted by Crippen LogP contribution is -2.47. The van der Waals surface area contributed by atoms with E-state index in [9.17, 15) is 9.90 Å². The second-order valence-electron chi connectivity index (χ2n) is 10.5. The van der Waals surface area contributed by atoms with E-state index in [0.717, 1.165) is 31.5 Å². The number of carbonyl (C=O) groups is 1. The highest BCUT2D eigenvalue weighted by molar-refractivity contribution is 5.69. The Labute approximate surface area is 227 Å². The van der Waals surface area contributed by atoms with Gasteiger partial charge in [-0.25, -0.2) is 0 Å². The van der Waals surface area contributed by atoms with Gasteiger partial charge in [-0.05, 0) is 61.9 Å². The number of ether oxygens (including phenoxy) is 3. The molecular weight excluding hydrogens is 478 g/mol. The molecule has 0 radical (unpaired) electrons. The van der Waals surface area contributed by atoms with Crippen molar-refractivity contribution in [2.45, 2.75) is 76.2 Å². The molecule has 206 valence electrons. The highest BCUT2D eigenvalue weighted by Gasteiger charge is 2.45. The summed E-state index contributed by atoms with van der Waals surface area (Å²) in [4.78, 5) is 14.1. The Kier molecular flexibility index (Phi) is 11.4. The molecule has 2 fully saturated rings. The summed E-state index contributed by atoms with van der Waals surface area (Å²) in [7, 11) is 1.50. The molecular formula is C32H43NO5. The second-order valence-corrected chi connectivity index (χ2v) is 10.5. The van der Waals surface area contributed by atoms with Crippen molar-refractivity contribution in [2.75, 3.05) is 27.0 Å². The molecule has 2 aliphatic rings. The van der Waals surface area contributed by atoms with Gasteiger partial charge < -0.3 is 19.3 Å². The average Bonchev–Trinajstić information content (AvgIpc) is 3.28. The molecule has 0 spiro atoms. The van der Waals surface area contributed by atoms with Gasteiger partial charge in [-0.1, -0.05) is 73.2 Å². The van der Waals surface area contributed by atoms with Crippen LogP contribution in [0.5, 0.6) is 0 Å². The number of allylic oxidation sites excluding steroid dienone is 2. The predicted octanol–water partition coefficient (Wildman–Crippen LogP) is 5.74. The molecule has 0 unspecified atom stereocenters. The number of aliphatic hydroxyl groups is 1. The van der Waals surface area contributed by atoms with E-state index in [0.29, 0.717) is 25.9 Å². The molecule has 1 N–H and O–H groups in total. The summed E-state index contributed by atoms with van der Waals surface area (Å²) >= 11 is 0. The summed E-state index contributed by atoms with van der Waals surface area (Å²) < 4.78 is 16.2. The van der Waals surface area contributed by atoms with Crippen LogP contribution in [-0.2, 0) is 25.6 Å². The van der Waals surface area contributed by atoms with Gasteiger partial charge in [0, 0.05) is 31.9 Å². The van der Waals surface area contributed by atoms with Crippen molar-refractivity contribution in [3.05, 3.63) is 72.3 Å². The van der Waals surface area contributed by atoms with Crippen LogP contribution in [0.2, 0.25) is 0 Å². The lowest BCUT2D eigenvalue weighted by Gasteiger charge is -2.38. The maximum atomic E-state index is 11.6. The van der Waals surface area contributed by atoms with E-state index in [1.165, 1.54) is 37.5 Å². The normalized spacial score (nSPS) is 24.2. The van der Waals surface area contributed by atoms with Crippen LogP contribution in [0, 0.1) is 5.92 Å². The predicted molar refractivity (Wildman–Crippen MR) is 149 cm³/mol. The molecule has 1 saturated carbocycles. The van der Waals surface area contributed by atoms with Gasteiger partial charge in [-0.3, -0.25) is 9.69 Å². The molecule has 4 rings (SSSR count). The average molecular weight is 522 g/mol. The largest absolute Gasteiger partial charge is 0.438 e. The Hall–Kier alpha value is -2.51. The molecule has 2 aromatic carbocycles. The minimum absolute atomic E-state index is 0.00298. The van der Waals surface area contributed by atoms with Crippen molar-refractivity contribution in [2.24, 2.45) is 5.92 Å². The lowest BCUT2D eigenvalue weighted by atomic mass is 9.92. The van der Waals surface area contributed by atoms with Crippen LogP contribution in [0.25, 0.3) is 11.1 Å². The number of nitrogens with zero attached hydrogens (tertiary/aromatic N) is 1. The Bertz CT molecular complexity index is 987. The van der Waals surface area contributed by atoms with Gasteiger partial charge in [0.15, 0.2) is 6.79 Å². The van der Waals surface area contributed by atoms with Gasteiger partial charge in [0.05, 0.1) is 18.8 Å². The lowest BCUT2D eigenvalue weighted by molar-refractivity contribution is -0.153. The van der Waals surface area contributed by atoms with Gasteiger partial charge in [0.1, 0.15) is 0 Å². The molecule has 1 aliphatic carbocycles. The van der Waals surface area contributed by atoms with Crippen LogP contribution in [0.1, 0.15) is 56.9 Å². The monoisotopic (exact) mass is 521 g/mol. The van der Waals surface area contributed by atoms with Gasteiger partial charge in [0.2, 0.25) is 0 Å². The Morgan fingerprint density at radius 2 is 1.68 bits per heavy atom. The van der Waals surface area contributed by atoms with Gasteiger partial charge in [0.25, 0.3) is 0 Å². The highest BCUT2D eigenvalue weighted by Crippen LogP contribution is 2.38. The van der Waals surface area contributed by atoms with Crippen LogP contribution in [0.3, 0.4) is 0 Å². The number of rotatable bonds is 13. The van der Waals surface area contributed by atoms with Crippen LogP contribution >= 0.6 is 0 Å². The maximum absolute atomic E-state index is 11.6. The first-order valence-corrected chi connectivity index (χ1v) is 14.1. The highest BCUT2D eigenvalue weighted by atomic mass is 16.7. The van der Waals surface area contributed by atoms with Crippen molar-refractivity contribution in [1.82, 2.24) is 4.90 Å². The first-order valence-electron chi connectivity index (χ1n) is 14.1. The van der Waals surface area contributed by atoms with Gasteiger partial charge in [-0.2, -0.15) is 0 Å². The van der Waals surface area contributed by atoms with Crippen molar-refractivity contribution >= 4 is 5.97 Å². The zero-order chi connectivity index (χ0) is 26.6. The molecule has 0 bridgehead atoms. The SMILES string of the molecule is COCOC(=O)CCC=CCC[C@@H]1[C@@H](N2CCCCC2)[C@@H](O)C[C@@H]1OCc1ccc(-c2ccccc2)cc1. The minimum atomic E-state index is -0.358. The summed E-state index contributed by atoms with van der Waals surface area (Å²) in [6, 6.07) is 19.1.